The molecule has 0 saturated heterocycles. The zero-order valence-corrected chi connectivity index (χ0v) is 51.0. The molecule has 0 bridgehead atoms. The summed E-state index contributed by atoms with van der Waals surface area (Å²) in [7, 11) is 0. The Balaban J connectivity index is 4.25. The molecule has 0 aliphatic carbocycles. The van der Waals surface area contributed by atoms with E-state index < -0.39 is 6.10 Å². The Kier molecular flexibility index (Phi) is 62.2. The van der Waals surface area contributed by atoms with Crippen LogP contribution in [0.5, 0.6) is 0 Å². The molecule has 0 aromatic rings. The molecular formula is C71H124O6. The van der Waals surface area contributed by atoms with Crippen LogP contribution in [0.15, 0.2) is 85.1 Å². The van der Waals surface area contributed by atoms with Gasteiger partial charge in [0.05, 0.1) is 0 Å². The summed E-state index contributed by atoms with van der Waals surface area (Å²) in [5.41, 5.74) is 0. The van der Waals surface area contributed by atoms with Gasteiger partial charge in [-0.1, -0.05) is 311 Å². The molecule has 77 heavy (non-hydrogen) atoms. The maximum absolute atomic E-state index is 12.9. The van der Waals surface area contributed by atoms with Gasteiger partial charge in [-0.25, -0.2) is 0 Å². The topological polar surface area (TPSA) is 78.9 Å². The Morgan fingerprint density at radius 3 is 0.883 bits per heavy atom. The number of rotatable bonds is 60. The number of ether oxygens (including phenoxy) is 3. The number of allylic oxidation sites excluding steroid dienone is 14. The molecule has 1 unspecified atom stereocenters. The first kappa shape index (κ1) is 73.6. The lowest BCUT2D eigenvalue weighted by Crippen LogP contribution is -2.30. The molecule has 0 aliphatic rings. The number of carbonyl (C=O) groups excluding carboxylic acids is 3. The van der Waals surface area contributed by atoms with Crippen molar-refractivity contribution >= 4 is 17.9 Å². The summed E-state index contributed by atoms with van der Waals surface area (Å²) in [6.07, 6.45) is 86.3. The molecule has 0 aliphatic heterocycles. The molecule has 0 radical (unpaired) electrons. The third-order valence-electron chi connectivity index (χ3n) is 14.4. The first-order chi connectivity index (χ1) is 38.0. The second kappa shape index (κ2) is 65.1. The van der Waals surface area contributed by atoms with E-state index >= 15 is 0 Å². The Morgan fingerprint density at radius 1 is 0.273 bits per heavy atom. The summed E-state index contributed by atoms with van der Waals surface area (Å²) in [4.78, 5) is 38.2. The van der Waals surface area contributed by atoms with Crippen LogP contribution in [0.4, 0.5) is 0 Å². The second-order valence-electron chi connectivity index (χ2n) is 22.0. The highest BCUT2D eigenvalue weighted by molar-refractivity contribution is 5.71. The number of hydrogen-bond acceptors (Lipinski definition) is 6. The van der Waals surface area contributed by atoms with Gasteiger partial charge in [0.15, 0.2) is 6.10 Å². The molecule has 0 amide bonds. The van der Waals surface area contributed by atoms with Gasteiger partial charge in [-0.15, -0.1) is 0 Å². The molecule has 0 aromatic heterocycles. The van der Waals surface area contributed by atoms with Gasteiger partial charge in [0.2, 0.25) is 0 Å². The lowest BCUT2D eigenvalue weighted by Gasteiger charge is -2.18. The van der Waals surface area contributed by atoms with Crippen molar-refractivity contribution in [3.8, 4) is 0 Å². The molecule has 0 saturated carbocycles. The van der Waals surface area contributed by atoms with E-state index in [1.165, 1.54) is 173 Å². The molecule has 1 atom stereocenters. The molecule has 6 nitrogen and oxygen atoms in total. The highest BCUT2D eigenvalue weighted by atomic mass is 16.6. The molecule has 0 N–H and O–H groups in total. The highest BCUT2D eigenvalue weighted by Crippen LogP contribution is 2.18. The van der Waals surface area contributed by atoms with Gasteiger partial charge in [-0.05, 0) is 83.5 Å². The van der Waals surface area contributed by atoms with Gasteiger partial charge in [-0.2, -0.15) is 0 Å². The Hall–Kier alpha value is -3.41. The van der Waals surface area contributed by atoms with Crippen molar-refractivity contribution < 1.29 is 28.6 Å². The van der Waals surface area contributed by atoms with E-state index in [0.717, 1.165) is 109 Å². The molecule has 0 aromatic carbocycles. The summed E-state index contributed by atoms with van der Waals surface area (Å²) in [5.74, 6) is -0.964. The average Bonchev–Trinajstić information content (AvgIpc) is 3.43. The maximum Gasteiger partial charge on any atom is 0.306 e. The van der Waals surface area contributed by atoms with Crippen LogP contribution in [0.2, 0.25) is 0 Å². The first-order valence-electron chi connectivity index (χ1n) is 33.1. The summed E-state index contributed by atoms with van der Waals surface area (Å²) in [6, 6.07) is 0. The summed E-state index contributed by atoms with van der Waals surface area (Å²) < 4.78 is 16.9. The van der Waals surface area contributed by atoms with E-state index in [1.54, 1.807) is 0 Å². The molecule has 0 spiro atoms. The Morgan fingerprint density at radius 2 is 0.545 bits per heavy atom. The third kappa shape index (κ3) is 63.3. The van der Waals surface area contributed by atoms with Crippen LogP contribution in [-0.2, 0) is 28.6 Å². The SMILES string of the molecule is CC/C=C\C/C=C\C/C=C\C/C=C\C/C=C\CCCC(=O)OC(COC(=O)CCCCCCC/C=C\C/C=C\CCC)COC(=O)CCCCCCCCCCCCCCCCCCCCCCCCCCCCCCC. The van der Waals surface area contributed by atoms with Gasteiger partial charge in [-0.3, -0.25) is 14.4 Å². The second-order valence-corrected chi connectivity index (χ2v) is 22.0. The zero-order valence-electron chi connectivity index (χ0n) is 51.0. The predicted octanol–water partition coefficient (Wildman–Crippen LogP) is 22.7. The highest BCUT2D eigenvalue weighted by Gasteiger charge is 2.19. The van der Waals surface area contributed by atoms with E-state index in [2.05, 4.69) is 106 Å². The van der Waals surface area contributed by atoms with Gasteiger partial charge in [0.25, 0.3) is 0 Å². The largest absolute Gasteiger partial charge is 0.462 e. The van der Waals surface area contributed by atoms with Crippen molar-refractivity contribution in [3.63, 3.8) is 0 Å². The standard InChI is InChI=1S/C71H124O6/c1-4-7-10-13-16-19-22-25-27-29-30-31-32-33-34-35-36-37-38-39-40-42-43-46-49-52-55-58-61-64-70(73)76-67-68(66-75-69(72)63-60-57-54-51-48-45-24-21-18-15-12-9-6-3)77-71(74)65-62-59-56-53-50-47-44-41-28-26-23-20-17-14-11-8-5-2/h8,11-12,15,17,20-21,24,26,28,44,47,53,56,68H,4-7,9-10,13-14,16,18-19,22-23,25,27,29-43,45-46,48-52,54-55,57-67H2,1-3H3/b11-8-,15-12-,20-17-,24-21-,28-26-,47-44-,56-53-. The summed E-state index contributed by atoms with van der Waals surface area (Å²) in [5, 5.41) is 0. The van der Waals surface area contributed by atoms with Crippen LogP contribution in [-0.4, -0.2) is 37.2 Å². The minimum Gasteiger partial charge on any atom is -0.462 e. The van der Waals surface area contributed by atoms with Crippen molar-refractivity contribution in [2.45, 2.75) is 335 Å². The van der Waals surface area contributed by atoms with Gasteiger partial charge in [0.1, 0.15) is 13.2 Å². The number of hydrogen-bond donors (Lipinski definition) is 0. The summed E-state index contributed by atoms with van der Waals surface area (Å²) in [6.45, 7) is 6.44. The van der Waals surface area contributed by atoms with E-state index in [1.807, 2.05) is 0 Å². The number of esters is 3. The zero-order chi connectivity index (χ0) is 55.7. The monoisotopic (exact) mass is 1070 g/mol. The lowest BCUT2D eigenvalue weighted by atomic mass is 10.0. The van der Waals surface area contributed by atoms with Crippen molar-refractivity contribution in [1.29, 1.82) is 0 Å². The Bertz CT molecular complexity index is 1470. The van der Waals surface area contributed by atoms with Crippen LogP contribution >= 0.6 is 0 Å². The van der Waals surface area contributed by atoms with Crippen molar-refractivity contribution in [1.82, 2.24) is 0 Å². The molecule has 0 heterocycles. The van der Waals surface area contributed by atoms with Gasteiger partial charge >= 0.3 is 17.9 Å². The van der Waals surface area contributed by atoms with Crippen molar-refractivity contribution in [3.05, 3.63) is 85.1 Å². The molecule has 0 rings (SSSR count). The van der Waals surface area contributed by atoms with E-state index in [-0.39, 0.29) is 37.5 Å². The number of unbranched alkanes of at least 4 members (excludes halogenated alkanes) is 35. The minimum atomic E-state index is -0.812. The minimum absolute atomic E-state index is 0.102. The van der Waals surface area contributed by atoms with Crippen LogP contribution in [0.3, 0.4) is 0 Å². The Labute approximate surface area is 477 Å². The molecular weight excluding hydrogens is 949 g/mol. The van der Waals surface area contributed by atoms with E-state index in [4.69, 9.17) is 14.2 Å². The van der Waals surface area contributed by atoms with E-state index in [0.29, 0.717) is 19.3 Å². The smallest absolute Gasteiger partial charge is 0.306 e. The van der Waals surface area contributed by atoms with Crippen molar-refractivity contribution in [2.75, 3.05) is 13.2 Å². The average molecular weight is 1070 g/mol. The number of carbonyl (C=O) groups is 3. The fourth-order valence-electron chi connectivity index (χ4n) is 9.46. The fraction of sp³-hybridized carbons (Fsp3) is 0.761. The van der Waals surface area contributed by atoms with Crippen molar-refractivity contribution in [2.24, 2.45) is 0 Å². The van der Waals surface area contributed by atoms with Crippen LogP contribution < -0.4 is 0 Å². The van der Waals surface area contributed by atoms with Crippen LogP contribution in [0, 0.1) is 0 Å². The first-order valence-corrected chi connectivity index (χ1v) is 33.1. The fourth-order valence-corrected chi connectivity index (χ4v) is 9.46. The summed E-state index contributed by atoms with van der Waals surface area (Å²) >= 11 is 0. The third-order valence-corrected chi connectivity index (χ3v) is 14.4. The van der Waals surface area contributed by atoms with Crippen LogP contribution in [0.25, 0.3) is 0 Å². The van der Waals surface area contributed by atoms with E-state index in [9.17, 15) is 14.4 Å². The quantitative estimate of drug-likeness (QED) is 0.0261. The normalized spacial score (nSPS) is 12.6. The maximum atomic E-state index is 12.9. The molecule has 444 valence electrons. The van der Waals surface area contributed by atoms with Gasteiger partial charge < -0.3 is 14.2 Å². The van der Waals surface area contributed by atoms with Crippen LogP contribution in [0.1, 0.15) is 329 Å². The molecule has 0 fully saturated rings. The molecule has 6 heteroatoms. The lowest BCUT2D eigenvalue weighted by molar-refractivity contribution is -0.167. The predicted molar refractivity (Wildman–Crippen MR) is 334 cm³/mol. The van der Waals surface area contributed by atoms with Gasteiger partial charge in [0, 0.05) is 19.3 Å².